The molecule has 0 aromatic carbocycles. The molecule has 1 aromatic rings. The van der Waals surface area contributed by atoms with Crippen molar-refractivity contribution in [1.29, 1.82) is 0 Å². The van der Waals surface area contributed by atoms with E-state index in [4.69, 9.17) is 5.73 Å². The highest BCUT2D eigenvalue weighted by Gasteiger charge is 2.16. The molecule has 3 nitrogen and oxygen atoms in total. The fourth-order valence-electron chi connectivity index (χ4n) is 1.69. The van der Waals surface area contributed by atoms with Crippen molar-refractivity contribution in [2.45, 2.75) is 64.8 Å². The first-order valence-electron chi connectivity index (χ1n) is 6.31. The molecule has 2 N–H and O–H groups in total. The van der Waals surface area contributed by atoms with E-state index in [2.05, 4.69) is 31.0 Å². The fraction of sp³-hybridized carbons (Fsp3) is 0.833. The lowest BCUT2D eigenvalue weighted by atomic mass is 10.0. The van der Waals surface area contributed by atoms with Gasteiger partial charge >= 0.3 is 0 Å². The molecule has 0 aliphatic heterocycles. The minimum absolute atomic E-state index is 0.0648. The summed E-state index contributed by atoms with van der Waals surface area (Å²) < 4.78 is 0. The van der Waals surface area contributed by atoms with Crippen molar-refractivity contribution in [2.75, 3.05) is 0 Å². The lowest BCUT2D eigenvalue weighted by Crippen LogP contribution is -2.07. The number of nitrogens with two attached hydrogens (primary N) is 1. The zero-order valence-corrected chi connectivity index (χ0v) is 11.4. The summed E-state index contributed by atoms with van der Waals surface area (Å²) in [5.74, 6) is 0.579. The smallest absolute Gasteiger partial charge is 0.134 e. The molecule has 1 aromatic heterocycles. The van der Waals surface area contributed by atoms with E-state index < -0.39 is 0 Å². The summed E-state index contributed by atoms with van der Waals surface area (Å²) in [5, 5.41) is 10.7. The van der Waals surface area contributed by atoms with Gasteiger partial charge in [-0.25, -0.2) is 0 Å². The molecule has 0 radical (unpaired) electrons. The Morgan fingerprint density at radius 2 is 1.81 bits per heavy atom. The summed E-state index contributed by atoms with van der Waals surface area (Å²) in [6, 6.07) is 0.0648. The zero-order valence-electron chi connectivity index (χ0n) is 10.6. The van der Waals surface area contributed by atoms with Crippen LogP contribution in [-0.2, 0) is 0 Å². The molecule has 0 aliphatic carbocycles. The van der Waals surface area contributed by atoms with Crippen LogP contribution in [0.3, 0.4) is 0 Å². The molecule has 1 heterocycles. The van der Waals surface area contributed by atoms with Gasteiger partial charge in [-0.15, -0.1) is 10.2 Å². The molecule has 0 saturated heterocycles. The topological polar surface area (TPSA) is 51.8 Å². The highest BCUT2D eigenvalue weighted by molar-refractivity contribution is 7.11. The third-order valence-electron chi connectivity index (χ3n) is 2.96. The van der Waals surface area contributed by atoms with E-state index in [0.29, 0.717) is 5.92 Å². The Morgan fingerprint density at radius 3 is 2.38 bits per heavy atom. The minimum atomic E-state index is 0.0648. The number of nitrogens with zero attached hydrogens (tertiary/aromatic N) is 2. The highest BCUT2D eigenvalue weighted by Crippen LogP contribution is 2.29. The van der Waals surface area contributed by atoms with E-state index in [-0.39, 0.29) is 6.04 Å². The highest BCUT2D eigenvalue weighted by atomic mass is 32.1. The van der Waals surface area contributed by atoms with Crippen LogP contribution in [0.4, 0.5) is 0 Å². The van der Waals surface area contributed by atoms with Gasteiger partial charge in [0.25, 0.3) is 0 Å². The van der Waals surface area contributed by atoms with Gasteiger partial charge in [0.15, 0.2) is 0 Å². The molecule has 1 rings (SSSR count). The fourth-order valence-corrected chi connectivity index (χ4v) is 2.84. The molecular weight excluding hydrogens is 218 g/mol. The molecule has 2 atom stereocenters. The Balaban J connectivity index is 2.66. The van der Waals surface area contributed by atoms with Crippen molar-refractivity contribution in [1.82, 2.24) is 10.2 Å². The van der Waals surface area contributed by atoms with Gasteiger partial charge in [0.1, 0.15) is 10.0 Å². The van der Waals surface area contributed by atoms with Crippen LogP contribution < -0.4 is 5.73 Å². The van der Waals surface area contributed by atoms with Crippen LogP contribution in [0.25, 0.3) is 0 Å². The molecule has 16 heavy (non-hydrogen) atoms. The average molecular weight is 241 g/mol. The molecule has 0 saturated carbocycles. The summed E-state index contributed by atoms with van der Waals surface area (Å²) in [6.45, 7) is 6.53. The van der Waals surface area contributed by atoms with Crippen LogP contribution in [0, 0.1) is 0 Å². The minimum Gasteiger partial charge on any atom is -0.322 e. The summed E-state index contributed by atoms with van der Waals surface area (Å²) in [7, 11) is 0. The Hall–Kier alpha value is -0.480. The van der Waals surface area contributed by atoms with Crippen LogP contribution >= 0.6 is 11.3 Å². The first-order valence-corrected chi connectivity index (χ1v) is 7.13. The van der Waals surface area contributed by atoms with Crippen molar-refractivity contribution in [3.05, 3.63) is 10.0 Å². The zero-order chi connectivity index (χ0) is 12.0. The van der Waals surface area contributed by atoms with Crippen LogP contribution in [0.15, 0.2) is 0 Å². The Kier molecular flexibility index (Phi) is 5.91. The quantitative estimate of drug-likeness (QED) is 0.793. The SMILES string of the molecule is CCCCC(CC)c1nnc(C(N)CC)s1. The number of unbranched alkanes of at least 4 members (excludes halogenated alkanes) is 1. The largest absolute Gasteiger partial charge is 0.322 e. The molecule has 0 aliphatic rings. The lowest BCUT2D eigenvalue weighted by Gasteiger charge is -2.09. The number of hydrogen-bond acceptors (Lipinski definition) is 4. The van der Waals surface area contributed by atoms with Crippen LogP contribution in [0.2, 0.25) is 0 Å². The second kappa shape index (κ2) is 6.97. The summed E-state index contributed by atoms with van der Waals surface area (Å²) in [6.07, 6.45) is 5.82. The number of hydrogen-bond donors (Lipinski definition) is 1. The predicted molar refractivity (Wildman–Crippen MR) is 69.7 cm³/mol. The monoisotopic (exact) mass is 241 g/mol. The van der Waals surface area contributed by atoms with Crippen molar-refractivity contribution in [3.63, 3.8) is 0 Å². The van der Waals surface area contributed by atoms with E-state index >= 15 is 0 Å². The van der Waals surface area contributed by atoms with E-state index in [9.17, 15) is 0 Å². The Labute approximate surface area is 102 Å². The van der Waals surface area contributed by atoms with E-state index in [1.807, 2.05) is 0 Å². The van der Waals surface area contributed by atoms with Crippen molar-refractivity contribution in [2.24, 2.45) is 5.73 Å². The average Bonchev–Trinajstić information content (AvgIpc) is 2.78. The maximum absolute atomic E-state index is 5.96. The van der Waals surface area contributed by atoms with Crippen molar-refractivity contribution >= 4 is 11.3 Å². The van der Waals surface area contributed by atoms with Gasteiger partial charge in [0.2, 0.25) is 0 Å². The van der Waals surface area contributed by atoms with Crippen molar-refractivity contribution in [3.8, 4) is 0 Å². The third kappa shape index (κ3) is 3.52. The Morgan fingerprint density at radius 1 is 1.12 bits per heavy atom. The second-order valence-corrected chi connectivity index (χ2v) is 5.28. The molecule has 4 heteroatoms. The normalized spacial score (nSPS) is 15.0. The third-order valence-corrected chi connectivity index (χ3v) is 4.18. The van der Waals surface area contributed by atoms with Gasteiger partial charge in [0.05, 0.1) is 6.04 Å². The van der Waals surface area contributed by atoms with Gasteiger partial charge in [-0.2, -0.15) is 0 Å². The van der Waals surface area contributed by atoms with E-state index in [1.54, 1.807) is 11.3 Å². The molecule has 0 bridgehead atoms. The van der Waals surface area contributed by atoms with Crippen LogP contribution in [-0.4, -0.2) is 10.2 Å². The molecule has 0 fully saturated rings. The van der Waals surface area contributed by atoms with E-state index in [1.165, 1.54) is 24.3 Å². The predicted octanol–water partition coefficient (Wildman–Crippen LogP) is 3.63. The summed E-state index contributed by atoms with van der Waals surface area (Å²) in [4.78, 5) is 0. The van der Waals surface area contributed by atoms with E-state index in [0.717, 1.165) is 17.8 Å². The first kappa shape index (κ1) is 13.6. The summed E-state index contributed by atoms with van der Waals surface area (Å²) in [5.41, 5.74) is 5.96. The molecule has 0 amide bonds. The Bertz CT molecular complexity index is 298. The molecule has 92 valence electrons. The first-order chi connectivity index (χ1) is 7.72. The second-order valence-electron chi connectivity index (χ2n) is 4.24. The van der Waals surface area contributed by atoms with Gasteiger partial charge in [-0.3, -0.25) is 0 Å². The number of aromatic nitrogens is 2. The van der Waals surface area contributed by atoms with Crippen LogP contribution in [0.5, 0.6) is 0 Å². The van der Waals surface area contributed by atoms with Gasteiger partial charge in [-0.05, 0) is 19.3 Å². The summed E-state index contributed by atoms with van der Waals surface area (Å²) >= 11 is 1.70. The molecule has 2 unspecified atom stereocenters. The lowest BCUT2D eigenvalue weighted by molar-refractivity contribution is 0.562. The molecule has 0 spiro atoms. The van der Waals surface area contributed by atoms with Gasteiger partial charge in [-0.1, -0.05) is 44.9 Å². The maximum Gasteiger partial charge on any atom is 0.134 e. The number of rotatable bonds is 7. The van der Waals surface area contributed by atoms with Gasteiger partial charge in [0, 0.05) is 5.92 Å². The van der Waals surface area contributed by atoms with Crippen LogP contribution in [0.1, 0.15) is 74.9 Å². The standard InChI is InChI=1S/C12H23N3S/c1-4-7-8-9(5-2)11-14-15-12(16-11)10(13)6-3/h9-10H,4-8,13H2,1-3H3. The maximum atomic E-state index is 5.96. The van der Waals surface area contributed by atoms with Gasteiger partial charge < -0.3 is 5.73 Å². The molecular formula is C12H23N3S. The van der Waals surface area contributed by atoms with Crippen molar-refractivity contribution < 1.29 is 0 Å².